The Kier molecular flexibility index (Phi) is 9.92. The van der Waals surface area contributed by atoms with E-state index < -0.39 is 47.4 Å². The Morgan fingerprint density at radius 3 is 1.91 bits per heavy atom. The van der Waals surface area contributed by atoms with E-state index >= 15 is 0 Å². The van der Waals surface area contributed by atoms with Gasteiger partial charge in [-0.15, -0.1) is 0 Å². The molecule has 0 saturated heterocycles. The summed E-state index contributed by atoms with van der Waals surface area (Å²) >= 11 is 0. The lowest BCUT2D eigenvalue weighted by atomic mass is 9.88. The standard InChI is InChI=1S/C27H45N3O5/c1-12-27(10,11)30(23(33)19(16-31)28-24(34)35-26(7,8)9)21(22(32)29-25(4,5)6)20-17(2)14-13-15-18(20)3/h13-15,19,21,31H,12,16H2,1-11H3,(H,28,34)(H,29,32). The number of nitrogens with one attached hydrogen (secondary N) is 2. The molecule has 8 heteroatoms. The maximum Gasteiger partial charge on any atom is 0.408 e. The summed E-state index contributed by atoms with van der Waals surface area (Å²) in [4.78, 5) is 41.8. The number of hydrogen-bond donors (Lipinski definition) is 3. The Hall–Kier alpha value is -2.61. The molecule has 198 valence electrons. The molecule has 1 rings (SSSR count). The van der Waals surface area contributed by atoms with E-state index in [0.29, 0.717) is 6.42 Å². The van der Waals surface area contributed by atoms with Crippen molar-refractivity contribution < 1.29 is 24.2 Å². The van der Waals surface area contributed by atoms with Gasteiger partial charge in [0.1, 0.15) is 17.7 Å². The summed E-state index contributed by atoms with van der Waals surface area (Å²) in [6.45, 7) is 19.6. The van der Waals surface area contributed by atoms with Gasteiger partial charge in [0.05, 0.1) is 6.61 Å². The van der Waals surface area contributed by atoms with Crippen LogP contribution in [0.5, 0.6) is 0 Å². The highest BCUT2D eigenvalue weighted by Crippen LogP contribution is 2.35. The second kappa shape index (κ2) is 11.4. The lowest BCUT2D eigenvalue weighted by molar-refractivity contribution is -0.150. The van der Waals surface area contributed by atoms with Gasteiger partial charge in [-0.2, -0.15) is 0 Å². The summed E-state index contributed by atoms with van der Waals surface area (Å²) in [6, 6.07) is 3.45. The molecule has 0 bridgehead atoms. The predicted octanol–water partition coefficient (Wildman–Crippen LogP) is 4.16. The third-order valence-electron chi connectivity index (χ3n) is 5.75. The second-order valence-electron chi connectivity index (χ2n) is 11.7. The molecule has 3 amide bonds. The first-order valence-electron chi connectivity index (χ1n) is 12.2. The smallest absolute Gasteiger partial charge is 0.408 e. The number of alkyl carbamates (subject to hydrolysis) is 1. The molecular formula is C27H45N3O5. The molecule has 1 aromatic rings. The highest BCUT2D eigenvalue weighted by atomic mass is 16.6. The summed E-state index contributed by atoms with van der Waals surface area (Å²) < 4.78 is 5.30. The molecular weight excluding hydrogens is 446 g/mol. The maximum absolute atomic E-state index is 14.0. The molecule has 2 atom stereocenters. The number of aliphatic hydroxyl groups excluding tert-OH is 1. The number of amides is 3. The van der Waals surface area contributed by atoms with Crippen LogP contribution in [-0.2, 0) is 14.3 Å². The van der Waals surface area contributed by atoms with Crippen molar-refractivity contribution in [3.05, 3.63) is 34.9 Å². The Labute approximate surface area is 210 Å². The van der Waals surface area contributed by atoms with Crippen LogP contribution in [0.3, 0.4) is 0 Å². The molecule has 2 unspecified atom stereocenters. The van der Waals surface area contributed by atoms with E-state index in [1.165, 1.54) is 4.90 Å². The lowest BCUT2D eigenvalue weighted by Crippen LogP contribution is -2.61. The number of carbonyl (C=O) groups excluding carboxylic acids is 3. The van der Waals surface area contributed by atoms with E-state index in [2.05, 4.69) is 10.6 Å². The van der Waals surface area contributed by atoms with E-state index in [1.807, 2.05) is 73.6 Å². The second-order valence-corrected chi connectivity index (χ2v) is 11.7. The Balaban J connectivity index is 3.70. The minimum Gasteiger partial charge on any atom is -0.444 e. The molecule has 0 aliphatic rings. The van der Waals surface area contributed by atoms with Crippen molar-refractivity contribution >= 4 is 17.9 Å². The van der Waals surface area contributed by atoms with Gasteiger partial charge >= 0.3 is 6.09 Å². The quantitative estimate of drug-likeness (QED) is 0.506. The van der Waals surface area contributed by atoms with Crippen molar-refractivity contribution in [1.82, 2.24) is 15.5 Å². The zero-order chi connectivity index (χ0) is 27.4. The fraction of sp³-hybridized carbons (Fsp3) is 0.667. The van der Waals surface area contributed by atoms with E-state index in [0.717, 1.165) is 16.7 Å². The number of ether oxygens (including phenoxy) is 1. The number of aryl methyl sites for hydroxylation is 2. The van der Waals surface area contributed by atoms with E-state index in [1.54, 1.807) is 20.8 Å². The molecule has 0 spiro atoms. The van der Waals surface area contributed by atoms with Crippen LogP contribution >= 0.6 is 0 Å². The molecule has 0 radical (unpaired) electrons. The van der Waals surface area contributed by atoms with Crippen LogP contribution in [0.15, 0.2) is 18.2 Å². The Morgan fingerprint density at radius 1 is 1.00 bits per heavy atom. The van der Waals surface area contributed by atoms with Gasteiger partial charge in [-0.25, -0.2) is 4.79 Å². The number of carbonyl (C=O) groups is 3. The van der Waals surface area contributed by atoms with E-state index in [4.69, 9.17) is 4.74 Å². The van der Waals surface area contributed by atoms with Gasteiger partial charge in [-0.05, 0) is 92.3 Å². The minimum atomic E-state index is -1.29. The summed E-state index contributed by atoms with van der Waals surface area (Å²) in [5.41, 5.74) is 0.353. The number of rotatable bonds is 8. The highest BCUT2D eigenvalue weighted by Gasteiger charge is 2.44. The molecule has 0 aromatic heterocycles. The molecule has 0 aliphatic carbocycles. The van der Waals surface area contributed by atoms with Gasteiger partial charge in [0, 0.05) is 11.1 Å². The number of hydrogen-bond acceptors (Lipinski definition) is 5. The maximum atomic E-state index is 14.0. The van der Waals surface area contributed by atoms with Crippen LogP contribution in [-0.4, -0.2) is 57.2 Å². The molecule has 0 aliphatic heterocycles. The first-order chi connectivity index (χ1) is 15.8. The van der Waals surface area contributed by atoms with Gasteiger partial charge in [0.15, 0.2) is 0 Å². The van der Waals surface area contributed by atoms with Crippen LogP contribution < -0.4 is 10.6 Å². The fourth-order valence-corrected chi connectivity index (χ4v) is 3.82. The third-order valence-corrected chi connectivity index (χ3v) is 5.75. The topological polar surface area (TPSA) is 108 Å². The zero-order valence-electron chi connectivity index (χ0n) is 23.3. The summed E-state index contributed by atoms with van der Waals surface area (Å²) in [5.74, 6) is -0.902. The molecule has 35 heavy (non-hydrogen) atoms. The van der Waals surface area contributed by atoms with Crippen LogP contribution in [0, 0.1) is 13.8 Å². The average molecular weight is 492 g/mol. The van der Waals surface area contributed by atoms with Crippen molar-refractivity contribution in [2.24, 2.45) is 0 Å². The van der Waals surface area contributed by atoms with Gasteiger partial charge in [0.25, 0.3) is 0 Å². The first kappa shape index (κ1) is 30.4. The monoisotopic (exact) mass is 491 g/mol. The van der Waals surface area contributed by atoms with Crippen LogP contribution in [0.4, 0.5) is 4.79 Å². The first-order valence-corrected chi connectivity index (χ1v) is 12.2. The molecule has 3 N–H and O–H groups in total. The summed E-state index contributed by atoms with van der Waals surface area (Å²) in [7, 11) is 0. The fourth-order valence-electron chi connectivity index (χ4n) is 3.82. The summed E-state index contributed by atoms with van der Waals surface area (Å²) in [5, 5.41) is 15.6. The van der Waals surface area contributed by atoms with Gasteiger partial charge < -0.3 is 25.4 Å². The largest absolute Gasteiger partial charge is 0.444 e. The van der Waals surface area contributed by atoms with E-state index in [9.17, 15) is 19.5 Å². The van der Waals surface area contributed by atoms with Crippen molar-refractivity contribution in [2.45, 2.75) is 111 Å². The van der Waals surface area contributed by atoms with Crippen LogP contribution in [0.1, 0.15) is 91.5 Å². The predicted molar refractivity (Wildman–Crippen MR) is 138 cm³/mol. The minimum absolute atomic E-state index is 0.335. The average Bonchev–Trinajstić information content (AvgIpc) is 2.67. The Bertz CT molecular complexity index is 892. The van der Waals surface area contributed by atoms with Crippen LogP contribution in [0.25, 0.3) is 0 Å². The number of aliphatic hydroxyl groups is 1. The summed E-state index contributed by atoms with van der Waals surface area (Å²) in [6.07, 6.45) is -0.282. The van der Waals surface area contributed by atoms with Gasteiger partial charge in [0.2, 0.25) is 11.8 Å². The molecule has 8 nitrogen and oxygen atoms in total. The molecule has 0 fully saturated rings. The van der Waals surface area contributed by atoms with Crippen LogP contribution in [0.2, 0.25) is 0 Å². The van der Waals surface area contributed by atoms with Crippen molar-refractivity contribution in [2.75, 3.05) is 6.61 Å². The third kappa shape index (κ3) is 8.53. The molecule has 0 saturated carbocycles. The highest BCUT2D eigenvalue weighted by molar-refractivity contribution is 5.93. The van der Waals surface area contributed by atoms with E-state index in [-0.39, 0.29) is 5.91 Å². The normalized spacial score (nSPS) is 14.1. The van der Waals surface area contributed by atoms with Gasteiger partial charge in [-0.1, -0.05) is 25.1 Å². The molecule has 1 aromatic carbocycles. The van der Waals surface area contributed by atoms with Crippen molar-refractivity contribution in [3.63, 3.8) is 0 Å². The van der Waals surface area contributed by atoms with Crippen molar-refractivity contribution in [3.8, 4) is 0 Å². The Morgan fingerprint density at radius 2 is 1.51 bits per heavy atom. The number of nitrogens with zero attached hydrogens (tertiary/aromatic N) is 1. The SMILES string of the molecule is CCC(C)(C)N(C(=O)C(CO)NC(=O)OC(C)(C)C)C(C(=O)NC(C)(C)C)c1c(C)cccc1C. The van der Waals surface area contributed by atoms with Gasteiger partial charge in [-0.3, -0.25) is 9.59 Å². The lowest BCUT2D eigenvalue weighted by Gasteiger charge is -2.45. The number of benzene rings is 1. The van der Waals surface area contributed by atoms with Crippen molar-refractivity contribution in [1.29, 1.82) is 0 Å². The molecule has 0 heterocycles. The zero-order valence-corrected chi connectivity index (χ0v) is 23.3.